The van der Waals surface area contributed by atoms with Gasteiger partial charge in [0.15, 0.2) is 6.61 Å². The minimum absolute atomic E-state index is 0.192. The molecule has 1 aromatic heterocycles. The third kappa shape index (κ3) is 5.22. The van der Waals surface area contributed by atoms with E-state index in [-0.39, 0.29) is 12.5 Å². The lowest BCUT2D eigenvalue weighted by Crippen LogP contribution is -2.38. The van der Waals surface area contributed by atoms with Crippen molar-refractivity contribution in [3.05, 3.63) is 114 Å². The Labute approximate surface area is 204 Å². The van der Waals surface area contributed by atoms with Crippen LogP contribution in [0.15, 0.2) is 97.2 Å². The van der Waals surface area contributed by atoms with Crippen molar-refractivity contribution in [2.45, 2.75) is 13.0 Å². The number of aromatic nitrogens is 2. The average Bonchev–Trinajstić information content (AvgIpc) is 3.35. The van der Waals surface area contributed by atoms with Gasteiger partial charge in [-0.2, -0.15) is 5.10 Å². The van der Waals surface area contributed by atoms with Crippen LogP contribution < -0.4 is 0 Å². The average molecular weight is 464 g/mol. The van der Waals surface area contributed by atoms with E-state index in [4.69, 9.17) is 9.84 Å². The number of esters is 1. The van der Waals surface area contributed by atoms with Crippen LogP contribution in [0.1, 0.15) is 16.7 Å². The summed E-state index contributed by atoms with van der Waals surface area (Å²) in [5.41, 5.74) is 5.79. The highest BCUT2D eigenvalue weighted by Gasteiger charge is 2.21. The molecule has 0 aliphatic carbocycles. The highest BCUT2D eigenvalue weighted by molar-refractivity contribution is 5.90. The predicted molar refractivity (Wildman–Crippen MR) is 135 cm³/mol. The van der Waals surface area contributed by atoms with E-state index < -0.39 is 5.97 Å². The van der Waals surface area contributed by atoms with Gasteiger partial charge in [0.05, 0.1) is 11.4 Å². The molecule has 35 heavy (non-hydrogen) atoms. The number of benzene rings is 3. The summed E-state index contributed by atoms with van der Waals surface area (Å²) >= 11 is 0. The van der Waals surface area contributed by atoms with Crippen LogP contribution in [0, 0.1) is 0 Å². The molecule has 0 saturated carbocycles. The topological polar surface area (TPSA) is 64.4 Å². The third-order valence-corrected chi connectivity index (χ3v) is 6.03. The van der Waals surface area contributed by atoms with Gasteiger partial charge in [-0.05, 0) is 35.8 Å². The van der Waals surface area contributed by atoms with Crippen molar-refractivity contribution in [1.82, 2.24) is 14.7 Å². The summed E-state index contributed by atoms with van der Waals surface area (Å²) in [6, 6.07) is 27.7. The summed E-state index contributed by atoms with van der Waals surface area (Å²) in [5.74, 6) is -0.759. The molecule has 1 aliphatic heterocycles. The molecule has 0 N–H and O–H groups in total. The molecular formula is C29H25N3O3. The lowest BCUT2D eigenvalue weighted by molar-refractivity contribution is -0.148. The molecule has 1 aliphatic rings. The van der Waals surface area contributed by atoms with Crippen LogP contribution in [0.3, 0.4) is 0 Å². The summed E-state index contributed by atoms with van der Waals surface area (Å²) in [4.78, 5) is 26.7. The molecule has 0 atom stereocenters. The molecule has 1 amide bonds. The molecule has 6 nitrogen and oxygen atoms in total. The van der Waals surface area contributed by atoms with Crippen molar-refractivity contribution in [2.75, 3.05) is 13.2 Å². The van der Waals surface area contributed by atoms with Gasteiger partial charge >= 0.3 is 5.97 Å². The van der Waals surface area contributed by atoms with Crippen LogP contribution in [0.4, 0.5) is 0 Å². The molecule has 0 unspecified atom stereocenters. The summed E-state index contributed by atoms with van der Waals surface area (Å²) < 4.78 is 7.04. The quantitative estimate of drug-likeness (QED) is 0.308. The lowest BCUT2D eigenvalue weighted by atomic mass is 10.00. The fourth-order valence-electron chi connectivity index (χ4n) is 4.18. The molecular weight excluding hydrogens is 438 g/mol. The van der Waals surface area contributed by atoms with Crippen LogP contribution in [0.2, 0.25) is 0 Å². The number of amides is 1. The van der Waals surface area contributed by atoms with Gasteiger partial charge < -0.3 is 9.64 Å². The minimum Gasteiger partial charge on any atom is -0.452 e. The molecule has 0 radical (unpaired) electrons. The molecule has 174 valence electrons. The van der Waals surface area contributed by atoms with Gasteiger partial charge in [0, 0.05) is 36.5 Å². The Morgan fingerprint density at radius 2 is 1.57 bits per heavy atom. The standard InChI is InChI=1S/C29H25N3O3/c33-27(31-18-17-22-9-7-8-12-24(22)19-31)21-35-28(34)16-15-25-20-32(26-13-5-2-6-14-26)30-29(25)23-10-3-1-4-11-23/h1-16,20H,17-19,21H2/b16-15+. The Balaban J connectivity index is 1.26. The molecule has 2 heterocycles. The van der Waals surface area contributed by atoms with Gasteiger partial charge in [-0.25, -0.2) is 9.48 Å². The molecule has 0 bridgehead atoms. The molecule has 4 aromatic rings. The van der Waals surface area contributed by atoms with Crippen LogP contribution in [0.5, 0.6) is 0 Å². The number of hydrogen-bond donors (Lipinski definition) is 0. The fraction of sp³-hybridized carbons (Fsp3) is 0.138. The molecule has 5 rings (SSSR count). The van der Waals surface area contributed by atoms with Crippen LogP contribution in [-0.4, -0.2) is 39.7 Å². The summed E-state index contributed by atoms with van der Waals surface area (Å²) in [7, 11) is 0. The summed E-state index contributed by atoms with van der Waals surface area (Å²) in [6.07, 6.45) is 5.71. The van der Waals surface area contributed by atoms with Gasteiger partial charge in [-0.3, -0.25) is 4.79 Å². The largest absolute Gasteiger partial charge is 0.452 e. The second-order valence-electron chi connectivity index (χ2n) is 8.35. The number of hydrogen-bond acceptors (Lipinski definition) is 4. The first-order valence-corrected chi connectivity index (χ1v) is 11.6. The van der Waals surface area contributed by atoms with E-state index >= 15 is 0 Å². The number of rotatable bonds is 6. The maximum atomic E-state index is 12.6. The maximum Gasteiger partial charge on any atom is 0.331 e. The minimum atomic E-state index is -0.567. The SMILES string of the molecule is O=C(/C=C/c1cn(-c2ccccc2)nc1-c1ccccc1)OCC(=O)N1CCc2ccccc2C1. The van der Waals surface area contributed by atoms with Crippen LogP contribution in [0.25, 0.3) is 23.0 Å². The number of nitrogens with zero attached hydrogens (tertiary/aromatic N) is 3. The van der Waals surface area contributed by atoms with Crippen molar-refractivity contribution in [2.24, 2.45) is 0 Å². The van der Waals surface area contributed by atoms with E-state index in [1.807, 2.05) is 85.1 Å². The Bertz CT molecular complexity index is 1360. The highest BCUT2D eigenvalue weighted by Crippen LogP contribution is 2.25. The number of fused-ring (bicyclic) bond motifs is 1. The van der Waals surface area contributed by atoms with Crippen molar-refractivity contribution >= 4 is 18.0 Å². The van der Waals surface area contributed by atoms with Crippen molar-refractivity contribution in [3.63, 3.8) is 0 Å². The van der Waals surface area contributed by atoms with E-state index in [2.05, 4.69) is 6.07 Å². The molecule has 3 aromatic carbocycles. The summed E-state index contributed by atoms with van der Waals surface area (Å²) in [5, 5.41) is 4.73. The Kier molecular flexibility index (Phi) is 6.52. The zero-order chi connectivity index (χ0) is 24.0. The van der Waals surface area contributed by atoms with Crippen molar-refractivity contribution < 1.29 is 14.3 Å². The van der Waals surface area contributed by atoms with Crippen LogP contribution in [-0.2, 0) is 27.3 Å². The fourth-order valence-corrected chi connectivity index (χ4v) is 4.18. The first kappa shape index (κ1) is 22.3. The molecule has 0 spiro atoms. The van der Waals surface area contributed by atoms with E-state index in [0.29, 0.717) is 13.1 Å². The molecule has 6 heteroatoms. The van der Waals surface area contributed by atoms with Crippen LogP contribution >= 0.6 is 0 Å². The lowest BCUT2D eigenvalue weighted by Gasteiger charge is -2.28. The van der Waals surface area contributed by atoms with E-state index in [0.717, 1.165) is 34.5 Å². The highest BCUT2D eigenvalue weighted by atomic mass is 16.5. The second kappa shape index (κ2) is 10.2. The van der Waals surface area contributed by atoms with E-state index in [1.165, 1.54) is 11.6 Å². The smallest absolute Gasteiger partial charge is 0.331 e. The van der Waals surface area contributed by atoms with E-state index in [9.17, 15) is 9.59 Å². The zero-order valence-corrected chi connectivity index (χ0v) is 19.2. The van der Waals surface area contributed by atoms with Crippen molar-refractivity contribution in [3.8, 4) is 16.9 Å². The number of para-hydroxylation sites is 1. The third-order valence-electron chi connectivity index (χ3n) is 6.03. The van der Waals surface area contributed by atoms with Crippen molar-refractivity contribution in [1.29, 1.82) is 0 Å². The molecule has 0 fully saturated rings. The number of carbonyl (C=O) groups is 2. The first-order chi connectivity index (χ1) is 17.2. The Hall–Kier alpha value is -4.45. The van der Waals surface area contributed by atoms with Gasteiger partial charge in [-0.1, -0.05) is 72.8 Å². The monoisotopic (exact) mass is 463 g/mol. The van der Waals surface area contributed by atoms with Gasteiger partial charge in [-0.15, -0.1) is 0 Å². The van der Waals surface area contributed by atoms with Gasteiger partial charge in [0.25, 0.3) is 5.91 Å². The normalized spacial score (nSPS) is 13.0. The van der Waals surface area contributed by atoms with Gasteiger partial charge in [0.2, 0.25) is 0 Å². The Morgan fingerprint density at radius 3 is 2.34 bits per heavy atom. The van der Waals surface area contributed by atoms with Gasteiger partial charge in [0.1, 0.15) is 0 Å². The number of ether oxygens (including phenoxy) is 1. The number of carbonyl (C=O) groups excluding carboxylic acids is 2. The van der Waals surface area contributed by atoms with E-state index in [1.54, 1.807) is 15.7 Å². The Morgan fingerprint density at radius 1 is 0.886 bits per heavy atom. The predicted octanol–water partition coefficient (Wildman–Crippen LogP) is 4.68. The first-order valence-electron chi connectivity index (χ1n) is 11.6. The zero-order valence-electron chi connectivity index (χ0n) is 19.2. The second-order valence-corrected chi connectivity index (χ2v) is 8.35. The summed E-state index contributed by atoms with van der Waals surface area (Å²) in [6.45, 7) is 0.893. The molecule has 0 saturated heterocycles. The maximum absolute atomic E-state index is 12.6.